The van der Waals surface area contributed by atoms with E-state index in [0.717, 1.165) is 11.1 Å². The molecule has 0 N–H and O–H groups in total. The van der Waals surface area contributed by atoms with Crippen molar-refractivity contribution >= 4 is 29.2 Å². The van der Waals surface area contributed by atoms with Crippen molar-refractivity contribution < 1.29 is 9.59 Å². The van der Waals surface area contributed by atoms with Crippen LogP contribution in [0.15, 0.2) is 30.3 Å². The highest BCUT2D eigenvalue weighted by atomic mass is 35.5. The summed E-state index contributed by atoms with van der Waals surface area (Å²) in [6, 6.07) is 7.37. The molecule has 0 saturated heterocycles. The average Bonchev–Trinajstić information content (AvgIpc) is 2.47. The van der Waals surface area contributed by atoms with E-state index in [4.69, 9.17) is 11.8 Å². The summed E-state index contributed by atoms with van der Waals surface area (Å²) in [7, 11) is 0. The molecule has 0 aliphatic carbocycles. The Morgan fingerprint density at radius 1 is 1.20 bits per heavy atom. The number of rotatable bonds is 1. The molecule has 0 bridgehead atoms. The van der Waals surface area contributed by atoms with E-state index in [1.807, 2.05) is 25.1 Å². The van der Waals surface area contributed by atoms with Crippen LogP contribution in [0.3, 0.4) is 0 Å². The number of aryl methyl sites for hydroxylation is 1. The molecule has 2 amide bonds. The fourth-order valence-electron chi connectivity index (χ4n) is 1.52. The van der Waals surface area contributed by atoms with Crippen molar-refractivity contribution in [1.29, 1.82) is 0 Å². The van der Waals surface area contributed by atoms with E-state index in [0.29, 0.717) is 9.99 Å². The number of benzene rings is 1. The summed E-state index contributed by atoms with van der Waals surface area (Å²) in [6.07, 6.45) is 1.26. The normalized spacial score (nSPS) is 15.9. The van der Waals surface area contributed by atoms with Crippen molar-refractivity contribution in [2.75, 3.05) is 0 Å². The number of nitrogens with zero attached hydrogens (tertiary/aromatic N) is 1. The first-order valence-electron chi connectivity index (χ1n) is 4.43. The molecule has 0 atom stereocenters. The van der Waals surface area contributed by atoms with Crippen molar-refractivity contribution in [1.82, 2.24) is 4.42 Å². The number of carbonyl (C=O) groups excluding carboxylic acids is 2. The highest BCUT2D eigenvalue weighted by Crippen LogP contribution is 2.26. The summed E-state index contributed by atoms with van der Waals surface area (Å²) >= 11 is 5.49. The molecule has 0 aromatic heterocycles. The molecule has 1 aliphatic heterocycles. The van der Waals surface area contributed by atoms with Gasteiger partial charge in [-0.2, -0.15) is 4.42 Å². The molecule has 4 heteroatoms. The largest absolute Gasteiger partial charge is 0.276 e. The molecular weight excluding hydrogens is 214 g/mol. The summed E-state index contributed by atoms with van der Waals surface area (Å²) in [5.41, 5.74) is 2.05. The van der Waals surface area contributed by atoms with Crippen LogP contribution in [0.5, 0.6) is 0 Å². The maximum absolute atomic E-state index is 11.6. The second-order valence-corrected chi connectivity index (χ2v) is 3.64. The topological polar surface area (TPSA) is 37.4 Å². The molecule has 1 aromatic rings. The van der Waals surface area contributed by atoms with Gasteiger partial charge in [0.15, 0.2) is 0 Å². The number of amides is 2. The van der Waals surface area contributed by atoms with Gasteiger partial charge in [-0.3, -0.25) is 9.59 Å². The Balaban J connectivity index is 2.50. The van der Waals surface area contributed by atoms with Crippen LogP contribution >= 0.6 is 11.8 Å². The molecule has 0 spiro atoms. The number of carbonyl (C=O) groups is 2. The van der Waals surface area contributed by atoms with Gasteiger partial charge in [0.2, 0.25) is 0 Å². The fraction of sp³-hybridized carbons (Fsp3) is 0.0909. The van der Waals surface area contributed by atoms with E-state index in [2.05, 4.69) is 0 Å². The first-order chi connectivity index (χ1) is 7.11. The van der Waals surface area contributed by atoms with Gasteiger partial charge >= 0.3 is 0 Å². The third-order valence-electron chi connectivity index (χ3n) is 2.31. The van der Waals surface area contributed by atoms with Crippen molar-refractivity contribution in [3.63, 3.8) is 0 Å². The highest BCUT2D eigenvalue weighted by molar-refractivity contribution is 6.45. The van der Waals surface area contributed by atoms with Crippen LogP contribution in [0.25, 0.3) is 5.57 Å². The van der Waals surface area contributed by atoms with Crippen LogP contribution in [0.2, 0.25) is 0 Å². The van der Waals surface area contributed by atoms with Gasteiger partial charge in [0.05, 0.1) is 5.57 Å². The predicted octanol–water partition coefficient (Wildman–Crippen LogP) is 1.90. The molecule has 0 saturated carbocycles. The average molecular weight is 222 g/mol. The molecule has 0 radical (unpaired) electrons. The zero-order valence-corrected chi connectivity index (χ0v) is 8.78. The van der Waals surface area contributed by atoms with Crippen molar-refractivity contribution in [2.45, 2.75) is 6.92 Å². The van der Waals surface area contributed by atoms with Crippen LogP contribution in [-0.4, -0.2) is 16.2 Å². The van der Waals surface area contributed by atoms with Crippen LogP contribution < -0.4 is 0 Å². The Bertz CT molecular complexity index is 479. The van der Waals surface area contributed by atoms with Gasteiger partial charge in [-0.15, -0.1) is 0 Å². The zero-order valence-electron chi connectivity index (χ0n) is 8.03. The third kappa shape index (κ3) is 1.55. The van der Waals surface area contributed by atoms with Gasteiger partial charge in [0, 0.05) is 17.9 Å². The van der Waals surface area contributed by atoms with E-state index in [9.17, 15) is 9.59 Å². The van der Waals surface area contributed by atoms with Gasteiger partial charge in [-0.25, -0.2) is 0 Å². The smallest absolute Gasteiger partial charge is 0.268 e. The molecule has 2 rings (SSSR count). The minimum Gasteiger partial charge on any atom is -0.268 e. The van der Waals surface area contributed by atoms with Crippen LogP contribution in [0, 0.1) is 6.92 Å². The predicted molar refractivity (Wildman–Crippen MR) is 56.9 cm³/mol. The maximum atomic E-state index is 11.6. The maximum Gasteiger partial charge on any atom is 0.276 e. The van der Waals surface area contributed by atoms with E-state index in [1.165, 1.54) is 6.08 Å². The standard InChI is InChI=1S/C11H8ClNO2/c1-7-4-2-3-5-8(7)9-6-10(14)13(12)11(9)15/h2-6H,1H3. The lowest BCUT2D eigenvalue weighted by Crippen LogP contribution is -2.20. The Hall–Kier alpha value is -1.61. The van der Waals surface area contributed by atoms with Gasteiger partial charge in [-0.05, 0) is 18.1 Å². The van der Waals surface area contributed by atoms with Gasteiger partial charge in [0.1, 0.15) is 0 Å². The summed E-state index contributed by atoms with van der Waals surface area (Å²) in [4.78, 5) is 22.7. The molecule has 1 aromatic carbocycles. The van der Waals surface area contributed by atoms with Crippen LogP contribution in [0.4, 0.5) is 0 Å². The lowest BCUT2D eigenvalue weighted by Gasteiger charge is -2.06. The number of hydrogen-bond acceptors (Lipinski definition) is 2. The number of halogens is 1. The molecule has 0 unspecified atom stereocenters. The summed E-state index contributed by atoms with van der Waals surface area (Å²) in [5, 5.41) is 0. The summed E-state index contributed by atoms with van der Waals surface area (Å²) < 4.78 is 0.599. The number of imide groups is 1. The van der Waals surface area contributed by atoms with Gasteiger partial charge in [0.25, 0.3) is 11.8 Å². The van der Waals surface area contributed by atoms with Gasteiger partial charge in [-0.1, -0.05) is 24.3 Å². The molecule has 1 aliphatic rings. The molecule has 76 valence electrons. The van der Waals surface area contributed by atoms with Crippen molar-refractivity contribution in [2.24, 2.45) is 0 Å². The Morgan fingerprint density at radius 2 is 1.87 bits per heavy atom. The second-order valence-electron chi connectivity index (χ2n) is 3.30. The lowest BCUT2D eigenvalue weighted by atomic mass is 10.0. The highest BCUT2D eigenvalue weighted by Gasteiger charge is 2.31. The second kappa shape index (κ2) is 3.51. The monoisotopic (exact) mass is 221 g/mol. The quantitative estimate of drug-likeness (QED) is 0.537. The minimum atomic E-state index is -0.486. The van der Waals surface area contributed by atoms with E-state index >= 15 is 0 Å². The summed E-state index contributed by atoms with van der Waals surface area (Å²) in [6.45, 7) is 1.88. The van der Waals surface area contributed by atoms with E-state index in [1.54, 1.807) is 6.07 Å². The van der Waals surface area contributed by atoms with Crippen molar-refractivity contribution in [3.05, 3.63) is 41.5 Å². The van der Waals surface area contributed by atoms with Crippen LogP contribution in [-0.2, 0) is 9.59 Å². The molecular formula is C11H8ClNO2. The van der Waals surface area contributed by atoms with Gasteiger partial charge < -0.3 is 0 Å². The molecule has 3 nitrogen and oxygen atoms in total. The first kappa shape index (κ1) is 9.93. The SMILES string of the molecule is Cc1ccccc1C1=CC(=O)N(Cl)C1=O. The third-order valence-corrected chi connectivity index (χ3v) is 2.63. The molecule has 1 heterocycles. The Kier molecular flexibility index (Phi) is 2.32. The Labute approximate surface area is 92.1 Å². The van der Waals surface area contributed by atoms with E-state index in [-0.39, 0.29) is 0 Å². The number of hydrogen-bond donors (Lipinski definition) is 0. The minimum absolute atomic E-state index is 0.355. The van der Waals surface area contributed by atoms with Crippen LogP contribution in [0.1, 0.15) is 11.1 Å². The fourth-order valence-corrected chi connectivity index (χ4v) is 1.66. The molecule has 15 heavy (non-hydrogen) atoms. The first-order valence-corrected chi connectivity index (χ1v) is 4.77. The Morgan fingerprint density at radius 3 is 2.40 bits per heavy atom. The lowest BCUT2D eigenvalue weighted by molar-refractivity contribution is -0.130. The summed E-state index contributed by atoms with van der Waals surface area (Å²) in [5.74, 6) is -0.948. The van der Waals surface area contributed by atoms with E-state index < -0.39 is 11.8 Å². The molecule has 0 fully saturated rings. The van der Waals surface area contributed by atoms with Crippen molar-refractivity contribution in [3.8, 4) is 0 Å². The zero-order chi connectivity index (χ0) is 11.0.